The molecule has 290 valence electrons. The van der Waals surface area contributed by atoms with Crippen LogP contribution in [0.25, 0.3) is 22.3 Å². The minimum atomic E-state index is -2.13. The van der Waals surface area contributed by atoms with Gasteiger partial charge in [-0.25, -0.2) is 0 Å². The predicted molar refractivity (Wildman–Crippen MR) is 172 cm³/mol. The van der Waals surface area contributed by atoms with E-state index in [2.05, 4.69) is 0 Å². The highest BCUT2D eigenvalue weighted by Gasteiger charge is 2.47. The summed E-state index contributed by atoms with van der Waals surface area (Å²) in [4.78, 5) is 36.9. The van der Waals surface area contributed by atoms with E-state index in [0.717, 1.165) is 13.0 Å². The number of hydrogen-bond donors (Lipinski definition) is 11. The summed E-state index contributed by atoms with van der Waals surface area (Å²) < 4.78 is 33.1. The molecule has 0 spiro atoms. The second-order valence-electron chi connectivity index (χ2n) is 12.9. The number of ether oxygens (including phenoxy) is 5. The first-order valence-corrected chi connectivity index (χ1v) is 16.0. The summed E-state index contributed by atoms with van der Waals surface area (Å²) in [5.41, 5.74) is -3.47. The number of carbonyl (C=O) groups is 2. The van der Waals surface area contributed by atoms with Gasteiger partial charge in [-0.05, 0) is 38.1 Å². The van der Waals surface area contributed by atoms with Crippen LogP contribution in [0.2, 0.25) is 0 Å². The van der Waals surface area contributed by atoms with Gasteiger partial charge in [-0.1, -0.05) is 0 Å². The fraction of sp³-hybridized carbons (Fsp3) is 0.485. The van der Waals surface area contributed by atoms with Crippen molar-refractivity contribution in [2.45, 2.75) is 93.7 Å². The lowest BCUT2D eigenvalue weighted by Gasteiger charge is -2.40. The number of aromatic hydroxyl groups is 3. The maximum atomic E-state index is 13.5. The fourth-order valence-corrected chi connectivity index (χ4v) is 5.72. The molecule has 11 N–H and O–H groups in total. The van der Waals surface area contributed by atoms with Crippen molar-refractivity contribution < 1.29 is 93.9 Å². The van der Waals surface area contributed by atoms with E-state index in [1.807, 2.05) is 0 Å². The number of carboxylic acids is 1. The monoisotopic (exact) mass is 754 g/mol. The quantitative estimate of drug-likeness (QED) is 0.0955. The molecule has 2 aromatic carbocycles. The smallest absolute Gasteiger partial charge is 0.308 e. The Balaban J connectivity index is 1.54. The van der Waals surface area contributed by atoms with E-state index in [0.29, 0.717) is 0 Å². The Morgan fingerprint density at radius 1 is 0.792 bits per heavy atom. The number of aliphatic carboxylic acids is 1. The van der Waals surface area contributed by atoms with Gasteiger partial charge in [0.25, 0.3) is 0 Å². The van der Waals surface area contributed by atoms with Gasteiger partial charge in [0.1, 0.15) is 66.2 Å². The second-order valence-corrected chi connectivity index (χ2v) is 12.9. The van der Waals surface area contributed by atoms with Crippen LogP contribution in [0.15, 0.2) is 39.5 Å². The van der Waals surface area contributed by atoms with Gasteiger partial charge in [0, 0.05) is 11.6 Å². The van der Waals surface area contributed by atoms with E-state index in [4.69, 9.17) is 33.2 Å². The van der Waals surface area contributed by atoms with E-state index in [1.54, 1.807) is 0 Å². The normalized spacial score (nSPS) is 30.0. The van der Waals surface area contributed by atoms with Crippen LogP contribution in [0.5, 0.6) is 28.7 Å². The Labute approximate surface area is 297 Å². The topological polar surface area (TPSA) is 333 Å². The highest BCUT2D eigenvalue weighted by atomic mass is 16.7. The third kappa shape index (κ3) is 8.25. The minimum Gasteiger partial charge on any atom is -0.508 e. The molecule has 0 saturated carbocycles. The highest BCUT2D eigenvalue weighted by Crippen LogP contribution is 2.51. The van der Waals surface area contributed by atoms with Crippen molar-refractivity contribution in [2.75, 3.05) is 6.61 Å². The number of carbonyl (C=O) groups excluding carboxylic acids is 1. The van der Waals surface area contributed by atoms with Crippen molar-refractivity contribution >= 4 is 22.9 Å². The Morgan fingerprint density at radius 3 is 2.00 bits per heavy atom. The van der Waals surface area contributed by atoms with Crippen LogP contribution >= 0.6 is 0 Å². The van der Waals surface area contributed by atoms with E-state index >= 15 is 0 Å². The number of phenolic OH excluding ortho intramolecular Hbond substituents is 3. The van der Waals surface area contributed by atoms with Crippen molar-refractivity contribution in [3.05, 3.63) is 40.6 Å². The summed E-state index contributed by atoms with van der Waals surface area (Å²) in [6.07, 6.45) is -19.9. The van der Waals surface area contributed by atoms with Gasteiger partial charge in [-0.3, -0.25) is 14.4 Å². The van der Waals surface area contributed by atoms with Gasteiger partial charge in [0.2, 0.25) is 29.8 Å². The number of aliphatic hydroxyl groups is 7. The molecule has 11 unspecified atom stereocenters. The molecule has 53 heavy (non-hydrogen) atoms. The van der Waals surface area contributed by atoms with Gasteiger partial charge in [-0.15, -0.1) is 0 Å². The summed E-state index contributed by atoms with van der Waals surface area (Å²) in [5.74, 6) is -6.98. The fourth-order valence-electron chi connectivity index (χ4n) is 5.72. The molecular weight excluding hydrogens is 716 g/mol. The lowest BCUT2D eigenvalue weighted by Crippen LogP contribution is -2.60. The van der Waals surface area contributed by atoms with Crippen LogP contribution in [-0.4, -0.2) is 142 Å². The first kappa shape index (κ1) is 39.4. The number of hydrogen-bond acceptors (Lipinski definition) is 19. The van der Waals surface area contributed by atoms with Gasteiger partial charge < -0.3 is 84.3 Å². The van der Waals surface area contributed by atoms with E-state index in [9.17, 15) is 65.4 Å². The number of phenols is 3. The molecule has 2 aliphatic heterocycles. The standard InChI is InChI=1S/C33H38O20/c1-11-20(39)23(42)25(44)31(49-11)52-29-22(41)19-14(35)7-15(12-3-5-13(34)6-4-12)50-28(19)30(27(29)46)53-32-26(45)24(43)21(40)16(51-32)10-48-18(38)9-33(2,47)8-17(36)37/h3-7,11,16,20-21,23-26,31-32,34,39-47H,8-10H2,1-2H3,(H,36,37). The molecule has 20 nitrogen and oxygen atoms in total. The number of carboxylic acid groups (broad SMARTS) is 1. The van der Waals surface area contributed by atoms with Gasteiger partial charge in [0.05, 0.1) is 24.5 Å². The van der Waals surface area contributed by atoms with Crippen molar-refractivity contribution in [1.29, 1.82) is 0 Å². The molecule has 20 heteroatoms. The molecule has 11 atom stereocenters. The molecule has 5 rings (SSSR count). The van der Waals surface area contributed by atoms with Gasteiger partial charge >= 0.3 is 11.9 Å². The molecule has 3 heterocycles. The summed E-state index contributed by atoms with van der Waals surface area (Å²) >= 11 is 0. The van der Waals surface area contributed by atoms with E-state index in [1.165, 1.54) is 31.2 Å². The van der Waals surface area contributed by atoms with Gasteiger partial charge in [-0.2, -0.15) is 0 Å². The summed E-state index contributed by atoms with van der Waals surface area (Å²) in [5, 5.41) is 114. The molecular formula is C33H38O20. The van der Waals surface area contributed by atoms with Crippen LogP contribution in [0.4, 0.5) is 0 Å². The van der Waals surface area contributed by atoms with Crippen LogP contribution in [-0.2, 0) is 23.8 Å². The van der Waals surface area contributed by atoms with Crippen LogP contribution < -0.4 is 14.9 Å². The van der Waals surface area contributed by atoms with Gasteiger partial charge in [0.15, 0.2) is 16.8 Å². The third-order valence-electron chi connectivity index (χ3n) is 8.60. The molecule has 3 aromatic rings. The average Bonchev–Trinajstić information content (AvgIpc) is 3.08. The molecule has 0 aliphatic carbocycles. The van der Waals surface area contributed by atoms with E-state index < -0.39 is 138 Å². The summed E-state index contributed by atoms with van der Waals surface area (Å²) in [7, 11) is 0. The van der Waals surface area contributed by atoms with E-state index in [-0.39, 0.29) is 17.1 Å². The maximum Gasteiger partial charge on any atom is 0.308 e. The van der Waals surface area contributed by atoms with Crippen molar-refractivity contribution in [1.82, 2.24) is 0 Å². The zero-order valence-corrected chi connectivity index (χ0v) is 27.9. The van der Waals surface area contributed by atoms with Crippen molar-refractivity contribution in [3.63, 3.8) is 0 Å². The molecule has 2 fully saturated rings. The Morgan fingerprint density at radius 2 is 1.38 bits per heavy atom. The molecule has 2 aliphatic rings. The Bertz CT molecular complexity index is 1870. The summed E-state index contributed by atoms with van der Waals surface area (Å²) in [6, 6.07) is 6.18. The lowest BCUT2D eigenvalue weighted by atomic mass is 9.98. The molecule has 2 saturated heterocycles. The summed E-state index contributed by atoms with van der Waals surface area (Å²) in [6.45, 7) is 1.55. The zero-order chi connectivity index (χ0) is 39.1. The first-order valence-electron chi connectivity index (χ1n) is 16.0. The van der Waals surface area contributed by atoms with Crippen LogP contribution in [0, 0.1) is 0 Å². The van der Waals surface area contributed by atoms with Crippen molar-refractivity contribution in [2.24, 2.45) is 0 Å². The lowest BCUT2D eigenvalue weighted by molar-refractivity contribution is -0.279. The zero-order valence-electron chi connectivity index (χ0n) is 27.9. The third-order valence-corrected chi connectivity index (χ3v) is 8.60. The largest absolute Gasteiger partial charge is 0.508 e. The van der Waals surface area contributed by atoms with Crippen molar-refractivity contribution in [3.8, 4) is 40.1 Å². The Hall–Kier alpha value is -4.77. The average molecular weight is 755 g/mol. The number of aliphatic hydroxyl groups excluding tert-OH is 6. The number of esters is 1. The van der Waals surface area contributed by atoms with Crippen LogP contribution in [0.1, 0.15) is 26.7 Å². The number of rotatable bonds is 11. The molecule has 1 aromatic heterocycles. The van der Waals surface area contributed by atoms with Crippen LogP contribution in [0.3, 0.4) is 0 Å². The molecule has 0 amide bonds. The molecule has 0 bridgehead atoms. The second kappa shape index (κ2) is 15.3. The SMILES string of the molecule is CC1OC(Oc2c(O)c(OC3OC(COC(=O)CC(C)(O)CC(=O)O)C(O)C(O)C3O)c3oc(-c4ccc(O)cc4)cc(=O)c3c2O)C(O)C(O)C1O. The highest BCUT2D eigenvalue weighted by molar-refractivity contribution is 5.95. The minimum absolute atomic E-state index is 0.132. The maximum absolute atomic E-state index is 13.5. The first-order chi connectivity index (χ1) is 24.8. The number of fused-ring (bicyclic) bond motifs is 1. The number of benzene rings is 2. The molecule has 0 radical (unpaired) electrons. The Kier molecular flexibility index (Phi) is 11.4. The predicted octanol–water partition coefficient (Wildman–Crippen LogP) is -1.87.